The number of carbonyl (C=O) groups excluding carboxylic acids is 1. The van der Waals surface area contributed by atoms with Crippen LogP contribution in [0.25, 0.3) is 22.3 Å². The molecule has 33 heavy (non-hydrogen) atoms. The van der Waals surface area contributed by atoms with Crippen LogP contribution in [-0.4, -0.2) is 34.7 Å². The molecule has 0 radical (unpaired) electrons. The van der Waals surface area contributed by atoms with Gasteiger partial charge in [0.25, 0.3) is 5.91 Å². The van der Waals surface area contributed by atoms with Crippen molar-refractivity contribution >= 4 is 22.8 Å². The fourth-order valence-corrected chi connectivity index (χ4v) is 3.87. The van der Waals surface area contributed by atoms with Gasteiger partial charge in [0, 0.05) is 16.5 Å². The Labute approximate surface area is 191 Å². The number of para-hydroxylation sites is 1. The van der Waals surface area contributed by atoms with E-state index < -0.39 is 17.9 Å². The van der Waals surface area contributed by atoms with Gasteiger partial charge in [-0.05, 0) is 42.7 Å². The van der Waals surface area contributed by atoms with Crippen LogP contribution in [0, 0.1) is 5.92 Å². The van der Waals surface area contributed by atoms with E-state index in [1.165, 1.54) is 0 Å². The summed E-state index contributed by atoms with van der Waals surface area (Å²) in [5.41, 5.74) is 2.95. The standard InChI is InChI=1S/C27H25NO5/c29-17-23(15-22(27(31)32)14-18-6-2-1-3-7-18)28-26(30)20-12-10-19(11-13-20)25-16-21-8-4-5-9-24(21)33-25/h1-13,16,22-23,29H,14-15,17H2,(H,28,30)(H,31,32). The molecule has 4 rings (SSSR count). The predicted molar refractivity (Wildman–Crippen MR) is 126 cm³/mol. The van der Waals surface area contributed by atoms with Crippen LogP contribution >= 0.6 is 0 Å². The number of carbonyl (C=O) groups is 2. The second-order valence-corrected chi connectivity index (χ2v) is 8.04. The van der Waals surface area contributed by atoms with Gasteiger partial charge in [0.2, 0.25) is 0 Å². The van der Waals surface area contributed by atoms with E-state index in [9.17, 15) is 19.8 Å². The van der Waals surface area contributed by atoms with E-state index in [1.807, 2.05) is 60.7 Å². The minimum Gasteiger partial charge on any atom is -0.481 e. The van der Waals surface area contributed by atoms with Gasteiger partial charge >= 0.3 is 5.97 Å². The number of fused-ring (bicyclic) bond motifs is 1. The lowest BCUT2D eigenvalue weighted by Crippen LogP contribution is -2.40. The second-order valence-electron chi connectivity index (χ2n) is 8.04. The number of furan rings is 1. The van der Waals surface area contributed by atoms with Gasteiger partial charge < -0.3 is 19.9 Å². The number of hydrogen-bond acceptors (Lipinski definition) is 4. The molecule has 0 aliphatic heterocycles. The van der Waals surface area contributed by atoms with Crippen molar-refractivity contribution in [2.75, 3.05) is 6.61 Å². The lowest BCUT2D eigenvalue weighted by atomic mass is 9.92. The molecule has 6 heteroatoms. The molecule has 0 aliphatic rings. The molecule has 3 N–H and O–H groups in total. The number of carboxylic acids is 1. The Bertz CT molecular complexity index is 1200. The Morgan fingerprint density at radius 3 is 2.27 bits per heavy atom. The van der Waals surface area contributed by atoms with E-state index >= 15 is 0 Å². The van der Waals surface area contributed by atoms with Crippen LogP contribution in [0.15, 0.2) is 89.3 Å². The normalized spacial score (nSPS) is 12.9. The molecule has 2 atom stereocenters. The van der Waals surface area contributed by atoms with Crippen LogP contribution in [0.1, 0.15) is 22.3 Å². The van der Waals surface area contributed by atoms with Crippen molar-refractivity contribution in [1.29, 1.82) is 0 Å². The summed E-state index contributed by atoms with van der Waals surface area (Å²) in [5, 5.41) is 23.1. The highest BCUT2D eigenvalue weighted by Crippen LogP contribution is 2.27. The van der Waals surface area contributed by atoms with Crippen molar-refractivity contribution in [3.8, 4) is 11.3 Å². The topological polar surface area (TPSA) is 99.8 Å². The highest BCUT2D eigenvalue weighted by atomic mass is 16.4. The number of rotatable bonds is 9. The van der Waals surface area contributed by atoms with Crippen molar-refractivity contribution in [2.45, 2.75) is 18.9 Å². The van der Waals surface area contributed by atoms with Crippen LogP contribution in [-0.2, 0) is 11.2 Å². The van der Waals surface area contributed by atoms with E-state index in [-0.39, 0.29) is 18.9 Å². The fourth-order valence-electron chi connectivity index (χ4n) is 3.87. The van der Waals surface area contributed by atoms with E-state index in [4.69, 9.17) is 4.42 Å². The third-order valence-electron chi connectivity index (χ3n) is 5.66. The lowest BCUT2D eigenvalue weighted by Gasteiger charge is -2.21. The maximum atomic E-state index is 12.7. The lowest BCUT2D eigenvalue weighted by molar-refractivity contribution is -0.142. The third-order valence-corrected chi connectivity index (χ3v) is 5.66. The van der Waals surface area contributed by atoms with Gasteiger partial charge in [-0.3, -0.25) is 9.59 Å². The molecule has 168 valence electrons. The first-order valence-electron chi connectivity index (χ1n) is 10.8. The number of hydrogen-bond donors (Lipinski definition) is 3. The van der Waals surface area contributed by atoms with Gasteiger partial charge in [-0.25, -0.2) is 0 Å². The Kier molecular flexibility index (Phi) is 6.86. The minimum atomic E-state index is -0.957. The van der Waals surface area contributed by atoms with Crippen LogP contribution in [0.2, 0.25) is 0 Å². The summed E-state index contributed by atoms with van der Waals surface area (Å²) >= 11 is 0. The molecular formula is C27H25NO5. The van der Waals surface area contributed by atoms with Crippen molar-refractivity contribution in [3.63, 3.8) is 0 Å². The minimum absolute atomic E-state index is 0.129. The molecule has 0 saturated carbocycles. The Hall–Kier alpha value is -3.90. The van der Waals surface area contributed by atoms with Gasteiger partial charge in [-0.2, -0.15) is 0 Å². The molecular weight excluding hydrogens is 418 g/mol. The van der Waals surface area contributed by atoms with Gasteiger partial charge in [0.1, 0.15) is 11.3 Å². The van der Waals surface area contributed by atoms with E-state index in [1.54, 1.807) is 24.3 Å². The number of aliphatic carboxylic acids is 1. The third kappa shape index (κ3) is 5.48. The summed E-state index contributed by atoms with van der Waals surface area (Å²) in [6.45, 7) is -0.346. The van der Waals surface area contributed by atoms with Crippen LogP contribution in [0.4, 0.5) is 0 Å². The maximum Gasteiger partial charge on any atom is 0.306 e. The van der Waals surface area contributed by atoms with E-state index in [0.29, 0.717) is 17.7 Å². The van der Waals surface area contributed by atoms with Crippen LogP contribution in [0.3, 0.4) is 0 Å². The Morgan fingerprint density at radius 2 is 1.61 bits per heavy atom. The van der Waals surface area contributed by atoms with Gasteiger partial charge in [0.15, 0.2) is 0 Å². The molecule has 4 aromatic rings. The van der Waals surface area contributed by atoms with Gasteiger partial charge in [-0.15, -0.1) is 0 Å². The summed E-state index contributed by atoms with van der Waals surface area (Å²) in [5.74, 6) is -1.34. The van der Waals surface area contributed by atoms with Crippen molar-refractivity contribution in [3.05, 3.63) is 96.1 Å². The predicted octanol–water partition coefficient (Wildman–Crippen LogP) is 4.52. The van der Waals surface area contributed by atoms with E-state index in [2.05, 4.69) is 5.32 Å². The molecule has 1 aromatic heterocycles. The number of aliphatic hydroxyl groups is 1. The average Bonchev–Trinajstić information content (AvgIpc) is 3.28. The molecule has 1 amide bonds. The SMILES string of the molecule is O=C(NC(CO)CC(Cc1ccccc1)C(=O)O)c1ccc(-c2cc3ccccc3o2)cc1. The molecule has 3 aromatic carbocycles. The first-order valence-corrected chi connectivity index (χ1v) is 10.8. The highest BCUT2D eigenvalue weighted by Gasteiger charge is 2.24. The first-order chi connectivity index (χ1) is 16.0. The molecule has 1 heterocycles. The molecule has 2 unspecified atom stereocenters. The molecule has 0 aliphatic carbocycles. The number of carboxylic acid groups (broad SMARTS) is 1. The first kappa shape index (κ1) is 22.3. The fraction of sp³-hybridized carbons (Fsp3) is 0.185. The van der Waals surface area contributed by atoms with Crippen molar-refractivity contribution in [2.24, 2.45) is 5.92 Å². The van der Waals surface area contributed by atoms with Gasteiger partial charge in [-0.1, -0.05) is 60.7 Å². The molecule has 0 spiro atoms. The number of aliphatic hydroxyl groups excluding tert-OH is 1. The average molecular weight is 443 g/mol. The monoisotopic (exact) mass is 443 g/mol. The summed E-state index contributed by atoms with van der Waals surface area (Å²) in [6, 6.07) is 25.3. The van der Waals surface area contributed by atoms with Crippen LogP contribution < -0.4 is 5.32 Å². The number of benzene rings is 3. The molecule has 0 saturated heterocycles. The zero-order valence-corrected chi connectivity index (χ0v) is 18.0. The molecule has 6 nitrogen and oxygen atoms in total. The summed E-state index contributed by atoms with van der Waals surface area (Å²) < 4.78 is 5.86. The molecule has 0 bridgehead atoms. The largest absolute Gasteiger partial charge is 0.481 e. The quantitative estimate of drug-likeness (QED) is 0.353. The number of nitrogens with one attached hydrogen (secondary N) is 1. The second kappa shape index (κ2) is 10.1. The zero-order valence-electron chi connectivity index (χ0n) is 18.0. The van der Waals surface area contributed by atoms with Crippen LogP contribution in [0.5, 0.6) is 0 Å². The zero-order chi connectivity index (χ0) is 23.2. The summed E-state index contributed by atoms with van der Waals surface area (Å²) in [7, 11) is 0. The van der Waals surface area contributed by atoms with Gasteiger partial charge in [0.05, 0.1) is 18.6 Å². The van der Waals surface area contributed by atoms with Crippen molar-refractivity contribution < 1.29 is 24.2 Å². The summed E-state index contributed by atoms with van der Waals surface area (Å²) in [6.07, 6.45) is 0.457. The molecule has 0 fully saturated rings. The highest BCUT2D eigenvalue weighted by molar-refractivity contribution is 5.95. The van der Waals surface area contributed by atoms with E-state index in [0.717, 1.165) is 22.1 Å². The Morgan fingerprint density at radius 1 is 0.909 bits per heavy atom. The summed E-state index contributed by atoms with van der Waals surface area (Å²) in [4.78, 5) is 24.5. The van der Waals surface area contributed by atoms with Crippen molar-refractivity contribution in [1.82, 2.24) is 5.32 Å². The smallest absolute Gasteiger partial charge is 0.306 e. The Balaban J connectivity index is 1.41. The maximum absolute atomic E-state index is 12.7. The number of amides is 1.